The van der Waals surface area contributed by atoms with E-state index < -0.39 is 18.3 Å². The second-order valence-corrected chi connectivity index (χ2v) is 2.75. The van der Waals surface area contributed by atoms with E-state index in [0.29, 0.717) is 13.0 Å². The molecule has 14 heavy (non-hydrogen) atoms. The second-order valence-electron chi connectivity index (χ2n) is 2.75. The summed E-state index contributed by atoms with van der Waals surface area (Å²) in [6.07, 6.45) is 1.63. The summed E-state index contributed by atoms with van der Waals surface area (Å²) in [6, 6.07) is 3.55. The maximum absolute atomic E-state index is 10.9. The van der Waals surface area contributed by atoms with Gasteiger partial charge in [0.1, 0.15) is 12.2 Å². The number of carboxylic acids is 1. The molecule has 0 aliphatic rings. The molecule has 0 radical (unpaired) electrons. The summed E-state index contributed by atoms with van der Waals surface area (Å²) in [7, 11) is 0. The molecule has 0 atom stereocenters. The normalized spacial score (nSPS) is 9.71. The van der Waals surface area contributed by atoms with Crippen LogP contribution < -0.4 is 5.32 Å². The lowest BCUT2D eigenvalue weighted by molar-refractivity contribution is -0.140. The van der Waals surface area contributed by atoms with Gasteiger partial charge in [-0.1, -0.05) is 0 Å². The molecule has 1 aromatic heterocycles. The fraction of sp³-hybridized carbons (Fsp3) is 0.333. The Morgan fingerprint density at radius 3 is 2.86 bits per heavy atom. The highest BCUT2D eigenvalue weighted by Crippen LogP contribution is 1.99. The van der Waals surface area contributed by atoms with Crippen molar-refractivity contribution >= 4 is 11.9 Å². The van der Waals surface area contributed by atoms with Gasteiger partial charge in [0.05, 0.1) is 6.26 Å². The van der Waals surface area contributed by atoms with Crippen molar-refractivity contribution in [1.29, 1.82) is 0 Å². The Kier molecular flexibility index (Phi) is 3.72. The first-order valence-corrected chi connectivity index (χ1v) is 4.19. The Hall–Kier alpha value is -1.78. The molecule has 0 saturated heterocycles. The summed E-state index contributed by atoms with van der Waals surface area (Å²) in [6.45, 7) is 0.389. The Morgan fingerprint density at radius 2 is 2.29 bits per heavy atom. The molecule has 1 rings (SSSR count). The highest BCUT2D eigenvalue weighted by atomic mass is 16.4. The number of carbonyl (C=O) groups is 2. The van der Waals surface area contributed by atoms with E-state index in [2.05, 4.69) is 5.32 Å². The Labute approximate surface area is 80.7 Å². The number of furan rings is 1. The van der Waals surface area contributed by atoms with Crippen molar-refractivity contribution in [1.82, 2.24) is 5.32 Å². The summed E-state index contributed by atoms with van der Waals surface area (Å²) in [5, 5.41) is 10.8. The first kappa shape index (κ1) is 10.3. The number of rotatable bonds is 5. The lowest BCUT2D eigenvalue weighted by Crippen LogP contribution is -2.27. The average molecular weight is 197 g/mol. The number of carboxylic acid groups (broad SMARTS) is 1. The standard InChI is InChI=1S/C9H11NO4/c11-8(6-9(12)13)10-4-3-7-2-1-5-14-7/h1-2,5H,3-4,6H2,(H,10,11)(H,12,13). The Balaban J connectivity index is 2.15. The first-order chi connectivity index (χ1) is 6.68. The van der Waals surface area contributed by atoms with Crippen LogP contribution in [0.25, 0.3) is 0 Å². The van der Waals surface area contributed by atoms with Crippen molar-refractivity contribution in [2.75, 3.05) is 6.54 Å². The monoisotopic (exact) mass is 197 g/mol. The molecule has 0 aliphatic heterocycles. The van der Waals surface area contributed by atoms with E-state index in [4.69, 9.17) is 9.52 Å². The molecule has 2 N–H and O–H groups in total. The molecular formula is C9H11NO4. The van der Waals surface area contributed by atoms with E-state index in [1.54, 1.807) is 18.4 Å². The van der Waals surface area contributed by atoms with Crippen LogP contribution in [0.1, 0.15) is 12.2 Å². The van der Waals surface area contributed by atoms with Gasteiger partial charge in [-0.25, -0.2) is 0 Å². The number of nitrogens with one attached hydrogen (secondary N) is 1. The van der Waals surface area contributed by atoms with Gasteiger partial charge in [0.2, 0.25) is 5.91 Å². The molecule has 1 amide bonds. The molecule has 0 unspecified atom stereocenters. The van der Waals surface area contributed by atoms with E-state index in [9.17, 15) is 9.59 Å². The minimum atomic E-state index is -1.12. The molecule has 76 valence electrons. The molecule has 5 heteroatoms. The molecule has 0 aliphatic carbocycles. The second kappa shape index (κ2) is 5.06. The lowest BCUT2D eigenvalue weighted by atomic mass is 10.3. The van der Waals surface area contributed by atoms with Gasteiger partial charge in [-0.2, -0.15) is 0 Å². The van der Waals surface area contributed by atoms with Gasteiger partial charge in [0.15, 0.2) is 0 Å². The maximum Gasteiger partial charge on any atom is 0.312 e. The fourth-order valence-corrected chi connectivity index (χ4v) is 0.980. The third-order valence-electron chi connectivity index (χ3n) is 1.59. The summed E-state index contributed by atoms with van der Waals surface area (Å²) in [5.74, 6) is -0.842. The summed E-state index contributed by atoms with van der Waals surface area (Å²) < 4.78 is 5.03. The molecule has 0 aromatic carbocycles. The lowest BCUT2D eigenvalue weighted by Gasteiger charge is -2.00. The van der Waals surface area contributed by atoms with E-state index >= 15 is 0 Å². The quantitative estimate of drug-likeness (QED) is 0.670. The third-order valence-corrected chi connectivity index (χ3v) is 1.59. The van der Waals surface area contributed by atoms with Gasteiger partial charge < -0.3 is 14.8 Å². The minimum Gasteiger partial charge on any atom is -0.481 e. The van der Waals surface area contributed by atoms with E-state index in [0.717, 1.165) is 5.76 Å². The Bertz CT molecular complexity index is 305. The fourth-order valence-electron chi connectivity index (χ4n) is 0.980. The van der Waals surface area contributed by atoms with Crippen LogP contribution in [0, 0.1) is 0 Å². The van der Waals surface area contributed by atoms with E-state index in [-0.39, 0.29) is 0 Å². The molecule has 1 aromatic rings. The van der Waals surface area contributed by atoms with Crippen molar-refractivity contribution in [3.05, 3.63) is 24.2 Å². The minimum absolute atomic E-state index is 0.389. The Morgan fingerprint density at radius 1 is 1.50 bits per heavy atom. The van der Waals surface area contributed by atoms with Crippen LogP contribution in [0.5, 0.6) is 0 Å². The number of hydrogen-bond donors (Lipinski definition) is 2. The zero-order valence-electron chi connectivity index (χ0n) is 7.53. The number of aliphatic carboxylic acids is 1. The molecule has 0 spiro atoms. The van der Waals surface area contributed by atoms with Crippen LogP contribution in [0.3, 0.4) is 0 Å². The van der Waals surface area contributed by atoms with Crippen LogP contribution in [-0.2, 0) is 16.0 Å². The van der Waals surface area contributed by atoms with Crippen LogP contribution in [-0.4, -0.2) is 23.5 Å². The molecular weight excluding hydrogens is 186 g/mol. The van der Waals surface area contributed by atoms with Gasteiger partial charge in [0, 0.05) is 13.0 Å². The van der Waals surface area contributed by atoms with Gasteiger partial charge >= 0.3 is 5.97 Å². The maximum atomic E-state index is 10.9. The van der Waals surface area contributed by atoms with Gasteiger partial charge in [-0.05, 0) is 12.1 Å². The van der Waals surface area contributed by atoms with Gasteiger partial charge in [0.25, 0.3) is 0 Å². The van der Waals surface area contributed by atoms with E-state index in [1.807, 2.05) is 0 Å². The molecule has 5 nitrogen and oxygen atoms in total. The first-order valence-electron chi connectivity index (χ1n) is 4.19. The van der Waals surface area contributed by atoms with Crippen molar-refractivity contribution < 1.29 is 19.1 Å². The number of amides is 1. The average Bonchev–Trinajstić information content (AvgIpc) is 2.55. The number of carbonyl (C=O) groups excluding carboxylic acids is 1. The van der Waals surface area contributed by atoms with Crippen LogP contribution in [0.15, 0.2) is 22.8 Å². The predicted molar refractivity (Wildman–Crippen MR) is 47.7 cm³/mol. The summed E-state index contributed by atoms with van der Waals surface area (Å²) in [5.41, 5.74) is 0. The van der Waals surface area contributed by atoms with Crippen molar-refractivity contribution in [2.24, 2.45) is 0 Å². The smallest absolute Gasteiger partial charge is 0.312 e. The molecule has 1 heterocycles. The van der Waals surface area contributed by atoms with Crippen molar-refractivity contribution in [2.45, 2.75) is 12.8 Å². The van der Waals surface area contributed by atoms with Gasteiger partial charge in [-0.15, -0.1) is 0 Å². The van der Waals surface area contributed by atoms with Crippen molar-refractivity contribution in [3.63, 3.8) is 0 Å². The SMILES string of the molecule is O=C(O)CC(=O)NCCc1ccco1. The molecule has 0 saturated carbocycles. The molecule has 0 fully saturated rings. The summed E-state index contributed by atoms with van der Waals surface area (Å²) >= 11 is 0. The predicted octanol–water partition coefficient (Wildman–Crippen LogP) is 0.413. The topological polar surface area (TPSA) is 79.5 Å². The molecule has 0 bridgehead atoms. The largest absolute Gasteiger partial charge is 0.481 e. The van der Waals surface area contributed by atoms with Crippen molar-refractivity contribution in [3.8, 4) is 0 Å². The van der Waals surface area contributed by atoms with Crippen LogP contribution >= 0.6 is 0 Å². The highest BCUT2D eigenvalue weighted by Gasteiger charge is 2.06. The van der Waals surface area contributed by atoms with Crippen LogP contribution in [0.2, 0.25) is 0 Å². The number of hydrogen-bond acceptors (Lipinski definition) is 3. The third kappa shape index (κ3) is 3.75. The zero-order chi connectivity index (χ0) is 10.4. The van der Waals surface area contributed by atoms with Crippen LogP contribution in [0.4, 0.5) is 0 Å². The summed E-state index contributed by atoms with van der Waals surface area (Å²) in [4.78, 5) is 21.0. The van der Waals surface area contributed by atoms with E-state index in [1.165, 1.54) is 0 Å². The zero-order valence-corrected chi connectivity index (χ0v) is 7.53. The highest BCUT2D eigenvalue weighted by molar-refractivity contribution is 5.93. The van der Waals surface area contributed by atoms with Gasteiger partial charge in [-0.3, -0.25) is 9.59 Å².